The molecule has 0 fully saturated rings. The van der Waals surface area contributed by atoms with Crippen LogP contribution in [0.1, 0.15) is 18.9 Å². The van der Waals surface area contributed by atoms with Crippen molar-refractivity contribution >= 4 is 21.7 Å². The maximum atomic E-state index is 12.2. The van der Waals surface area contributed by atoms with Crippen LogP contribution in [0.3, 0.4) is 0 Å². The van der Waals surface area contributed by atoms with Crippen LogP contribution in [0.4, 0.5) is 0 Å². The Bertz CT molecular complexity index is 818. The Morgan fingerprint density at radius 3 is 2.68 bits per heavy atom. The third-order valence-corrected chi connectivity index (χ3v) is 3.47. The average Bonchev–Trinajstić information content (AvgIpc) is 2.41. The van der Waals surface area contributed by atoms with Crippen LogP contribution in [0.25, 0.3) is 21.7 Å². The number of hydrogen-bond donors (Lipinski definition) is 2. The Morgan fingerprint density at radius 1 is 1.11 bits per heavy atom. The Labute approximate surface area is 110 Å². The van der Waals surface area contributed by atoms with Gasteiger partial charge in [0.05, 0.1) is 5.39 Å². The quantitative estimate of drug-likeness (QED) is 0.688. The Balaban J connectivity index is 2.48. The molecular formula is C16H15NO2. The minimum Gasteiger partial charge on any atom is -0.507 e. The summed E-state index contributed by atoms with van der Waals surface area (Å²) in [5, 5.41) is 12.5. The number of fused-ring (bicyclic) bond motifs is 3. The first-order chi connectivity index (χ1) is 9.22. The summed E-state index contributed by atoms with van der Waals surface area (Å²) in [5.74, 6) is 0.117. The van der Waals surface area contributed by atoms with Crippen LogP contribution in [0.5, 0.6) is 5.75 Å². The van der Waals surface area contributed by atoms with Gasteiger partial charge < -0.3 is 10.1 Å². The first-order valence-electron chi connectivity index (χ1n) is 6.48. The van der Waals surface area contributed by atoms with Crippen molar-refractivity contribution in [2.24, 2.45) is 0 Å². The molecule has 0 saturated heterocycles. The molecule has 0 unspecified atom stereocenters. The van der Waals surface area contributed by atoms with Crippen LogP contribution < -0.4 is 5.56 Å². The van der Waals surface area contributed by atoms with Gasteiger partial charge in [-0.05, 0) is 18.1 Å². The molecule has 3 rings (SSSR count). The van der Waals surface area contributed by atoms with Gasteiger partial charge in [-0.1, -0.05) is 43.7 Å². The van der Waals surface area contributed by atoms with Crippen LogP contribution >= 0.6 is 0 Å². The Kier molecular flexibility index (Phi) is 2.75. The van der Waals surface area contributed by atoms with Crippen molar-refractivity contribution in [2.45, 2.75) is 19.8 Å². The maximum Gasteiger partial charge on any atom is 0.260 e. The molecule has 0 spiro atoms. The van der Waals surface area contributed by atoms with Crippen LogP contribution in [0.2, 0.25) is 0 Å². The summed E-state index contributed by atoms with van der Waals surface area (Å²) in [5.41, 5.74) is 1.39. The summed E-state index contributed by atoms with van der Waals surface area (Å²) in [6, 6.07) is 11.5. The van der Waals surface area contributed by atoms with E-state index in [9.17, 15) is 9.90 Å². The van der Waals surface area contributed by atoms with Crippen molar-refractivity contribution in [3.63, 3.8) is 0 Å². The summed E-state index contributed by atoms with van der Waals surface area (Å²) >= 11 is 0. The van der Waals surface area contributed by atoms with Gasteiger partial charge in [0.1, 0.15) is 5.75 Å². The van der Waals surface area contributed by atoms with E-state index in [1.807, 2.05) is 43.3 Å². The molecule has 96 valence electrons. The molecule has 1 heterocycles. The number of para-hydroxylation sites is 1. The maximum absolute atomic E-state index is 12.2. The first-order valence-corrected chi connectivity index (χ1v) is 6.48. The number of H-pyrrole nitrogens is 1. The minimum absolute atomic E-state index is 0.117. The van der Waals surface area contributed by atoms with Crippen molar-refractivity contribution < 1.29 is 5.11 Å². The van der Waals surface area contributed by atoms with Gasteiger partial charge >= 0.3 is 0 Å². The SMILES string of the molecule is CCCc1ccc2c(c1O)c(=O)[nH]c1ccccc12. The van der Waals surface area contributed by atoms with Crippen LogP contribution in [0, 0.1) is 0 Å². The summed E-state index contributed by atoms with van der Waals surface area (Å²) in [7, 11) is 0. The molecule has 0 aliphatic rings. The summed E-state index contributed by atoms with van der Waals surface area (Å²) in [6.45, 7) is 2.05. The second kappa shape index (κ2) is 4.43. The topological polar surface area (TPSA) is 53.1 Å². The summed E-state index contributed by atoms with van der Waals surface area (Å²) in [6.07, 6.45) is 1.71. The molecule has 3 heteroatoms. The molecule has 19 heavy (non-hydrogen) atoms. The number of phenolic OH excluding ortho intramolecular Hbond substituents is 1. The predicted molar refractivity (Wildman–Crippen MR) is 77.7 cm³/mol. The van der Waals surface area contributed by atoms with Gasteiger partial charge in [0.15, 0.2) is 0 Å². The normalized spacial score (nSPS) is 11.2. The number of nitrogens with one attached hydrogen (secondary N) is 1. The highest BCUT2D eigenvalue weighted by Crippen LogP contribution is 2.30. The van der Waals surface area contributed by atoms with Gasteiger partial charge in [0.2, 0.25) is 0 Å². The fourth-order valence-electron chi connectivity index (χ4n) is 2.57. The number of benzene rings is 2. The van der Waals surface area contributed by atoms with Crippen LogP contribution in [0.15, 0.2) is 41.2 Å². The van der Waals surface area contributed by atoms with Gasteiger partial charge in [-0.25, -0.2) is 0 Å². The van der Waals surface area contributed by atoms with Crippen molar-refractivity contribution in [3.8, 4) is 5.75 Å². The first kappa shape index (κ1) is 11.8. The van der Waals surface area contributed by atoms with E-state index in [4.69, 9.17) is 0 Å². The van der Waals surface area contributed by atoms with E-state index in [1.165, 1.54) is 0 Å². The fourth-order valence-corrected chi connectivity index (χ4v) is 2.57. The monoisotopic (exact) mass is 253 g/mol. The van der Waals surface area contributed by atoms with E-state index in [0.717, 1.165) is 34.7 Å². The van der Waals surface area contributed by atoms with Gasteiger partial charge in [-0.2, -0.15) is 0 Å². The van der Waals surface area contributed by atoms with E-state index in [-0.39, 0.29) is 11.3 Å². The lowest BCUT2D eigenvalue weighted by Gasteiger charge is -2.08. The lowest BCUT2D eigenvalue weighted by molar-refractivity contribution is 0.473. The zero-order valence-corrected chi connectivity index (χ0v) is 10.7. The third-order valence-electron chi connectivity index (χ3n) is 3.47. The molecule has 0 amide bonds. The van der Waals surface area contributed by atoms with E-state index in [0.29, 0.717) is 5.39 Å². The number of hydrogen-bond acceptors (Lipinski definition) is 2. The van der Waals surface area contributed by atoms with E-state index < -0.39 is 0 Å². The van der Waals surface area contributed by atoms with Gasteiger partial charge in [0, 0.05) is 16.3 Å². The zero-order valence-electron chi connectivity index (χ0n) is 10.7. The van der Waals surface area contributed by atoms with Crippen molar-refractivity contribution in [3.05, 3.63) is 52.3 Å². The second-order valence-corrected chi connectivity index (χ2v) is 4.75. The highest BCUT2D eigenvalue weighted by molar-refractivity contribution is 6.07. The van der Waals surface area contributed by atoms with Gasteiger partial charge in [-0.3, -0.25) is 4.79 Å². The van der Waals surface area contributed by atoms with Gasteiger partial charge in [0.25, 0.3) is 5.56 Å². The predicted octanol–water partition coefficient (Wildman–Crippen LogP) is 3.34. The highest BCUT2D eigenvalue weighted by Gasteiger charge is 2.12. The largest absolute Gasteiger partial charge is 0.507 e. The van der Waals surface area contributed by atoms with Crippen molar-refractivity contribution in [1.29, 1.82) is 0 Å². The summed E-state index contributed by atoms with van der Waals surface area (Å²) in [4.78, 5) is 15.0. The molecule has 3 aromatic rings. The average molecular weight is 253 g/mol. The number of aromatic hydroxyl groups is 1. The lowest BCUT2D eigenvalue weighted by Crippen LogP contribution is -2.07. The fraction of sp³-hybridized carbons (Fsp3) is 0.188. The van der Waals surface area contributed by atoms with Crippen LogP contribution in [-0.4, -0.2) is 10.1 Å². The number of aromatic amines is 1. The number of aryl methyl sites for hydroxylation is 1. The molecule has 0 bridgehead atoms. The van der Waals surface area contributed by atoms with Crippen molar-refractivity contribution in [1.82, 2.24) is 4.98 Å². The zero-order chi connectivity index (χ0) is 13.4. The van der Waals surface area contributed by atoms with Crippen LogP contribution in [-0.2, 0) is 6.42 Å². The van der Waals surface area contributed by atoms with E-state index >= 15 is 0 Å². The number of phenols is 1. The van der Waals surface area contributed by atoms with E-state index in [1.54, 1.807) is 0 Å². The second-order valence-electron chi connectivity index (χ2n) is 4.75. The molecule has 0 saturated carbocycles. The molecular weight excluding hydrogens is 238 g/mol. The Morgan fingerprint density at radius 2 is 1.89 bits per heavy atom. The molecule has 1 aromatic heterocycles. The molecule has 0 atom stereocenters. The molecule has 0 aliphatic heterocycles. The lowest BCUT2D eigenvalue weighted by atomic mass is 10.0. The van der Waals surface area contributed by atoms with Crippen molar-refractivity contribution in [2.75, 3.05) is 0 Å². The highest BCUT2D eigenvalue weighted by atomic mass is 16.3. The minimum atomic E-state index is -0.232. The number of rotatable bonds is 2. The van der Waals surface area contributed by atoms with Gasteiger partial charge in [-0.15, -0.1) is 0 Å². The summed E-state index contributed by atoms with van der Waals surface area (Å²) < 4.78 is 0. The molecule has 2 N–H and O–H groups in total. The standard InChI is InChI=1S/C16H15NO2/c1-2-5-10-8-9-12-11-6-3-4-7-13(11)17-16(19)14(12)15(10)18/h3-4,6-9,18H,2,5H2,1H3,(H,17,19). The molecule has 0 aliphatic carbocycles. The Hall–Kier alpha value is -2.29. The number of pyridine rings is 1. The molecule has 3 nitrogen and oxygen atoms in total. The number of aromatic nitrogens is 1. The third kappa shape index (κ3) is 1.78. The molecule has 2 aromatic carbocycles. The smallest absolute Gasteiger partial charge is 0.260 e. The molecule has 0 radical (unpaired) electrons. The van der Waals surface area contributed by atoms with E-state index in [2.05, 4.69) is 4.98 Å².